The fourth-order valence-electron chi connectivity index (χ4n) is 2.00. The molecule has 0 spiro atoms. The number of rotatable bonds is 3. The van der Waals surface area contributed by atoms with Crippen molar-refractivity contribution in [3.05, 3.63) is 60.4 Å². The number of hydrogen-bond donors (Lipinski definition) is 1. The van der Waals surface area contributed by atoms with Gasteiger partial charge in [0.1, 0.15) is 11.4 Å². The average molecular weight is 279 g/mol. The van der Waals surface area contributed by atoms with Crippen molar-refractivity contribution < 1.29 is 9.53 Å². The Morgan fingerprint density at radius 2 is 1.76 bits per heavy atom. The van der Waals surface area contributed by atoms with E-state index in [0.29, 0.717) is 17.0 Å². The van der Waals surface area contributed by atoms with Crippen LogP contribution in [0.4, 0.5) is 5.69 Å². The number of methoxy groups -OCH3 is 1. The first-order valence-electron chi connectivity index (χ1n) is 6.44. The Hall–Kier alpha value is -2.95. The van der Waals surface area contributed by atoms with Gasteiger partial charge < -0.3 is 10.1 Å². The molecule has 0 unspecified atom stereocenters. The van der Waals surface area contributed by atoms with E-state index >= 15 is 0 Å². The number of carbonyl (C=O) groups excluding carboxylic acids is 1. The van der Waals surface area contributed by atoms with Crippen LogP contribution in [0.15, 0.2) is 54.7 Å². The van der Waals surface area contributed by atoms with Crippen LogP contribution in [-0.4, -0.2) is 23.0 Å². The molecule has 0 atom stereocenters. The predicted molar refractivity (Wildman–Crippen MR) is 80.5 cm³/mol. The highest BCUT2D eigenvalue weighted by Gasteiger charge is 2.11. The lowest BCUT2D eigenvalue weighted by molar-refractivity contribution is 0.102. The zero-order valence-electron chi connectivity index (χ0n) is 11.4. The van der Waals surface area contributed by atoms with Crippen LogP contribution < -0.4 is 10.1 Å². The second-order valence-corrected chi connectivity index (χ2v) is 4.40. The standard InChI is InChI=1S/C16H13N3O2/c1-21-15-9-5-4-8-13(15)19-16(20)14-10-17-11-6-2-3-7-12(11)18-14/h2-10H,1H3,(H,19,20). The number of hydrogen-bond acceptors (Lipinski definition) is 4. The molecule has 1 N–H and O–H groups in total. The number of ether oxygens (including phenoxy) is 1. The molecule has 0 radical (unpaired) electrons. The molecule has 5 heteroatoms. The third-order valence-corrected chi connectivity index (χ3v) is 3.04. The molecule has 0 bridgehead atoms. The zero-order chi connectivity index (χ0) is 14.7. The number of aromatic nitrogens is 2. The van der Waals surface area contributed by atoms with E-state index in [1.54, 1.807) is 19.2 Å². The van der Waals surface area contributed by atoms with Crippen LogP contribution in [0.2, 0.25) is 0 Å². The maximum absolute atomic E-state index is 12.3. The van der Waals surface area contributed by atoms with Crippen LogP contribution in [0.1, 0.15) is 10.5 Å². The number of nitrogens with zero attached hydrogens (tertiary/aromatic N) is 2. The average Bonchev–Trinajstić information content (AvgIpc) is 2.55. The SMILES string of the molecule is COc1ccccc1NC(=O)c1cnc2ccccc2n1. The molecule has 2 aromatic carbocycles. The summed E-state index contributed by atoms with van der Waals surface area (Å²) in [7, 11) is 1.56. The van der Waals surface area contributed by atoms with Gasteiger partial charge in [0.05, 0.1) is 30.0 Å². The molecule has 3 rings (SSSR count). The largest absolute Gasteiger partial charge is 0.495 e. The van der Waals surface area contributed by atoms with Crippen molar-refractivity contribution in [2.45, 2.75) is 0 Å². The minimum atomic E-state index is -0.322. The summed E-state index contributed by atoms with van der Waals surface area (Å²) in [6.07, 6.45) is 1.47. The smallest absolute Gasteiger partial charge is 0.275 e. The van der Waals surface area contributed by atoms with Crippen molar-refractivity contribution in [3.63, 3.8) is 0 Å². The van der Waals surface area contributed by atoms with Crippen molar-refractivity contribution in [3.8, 4) is 5.75 Å². The van der Waals surface area contributed by atoms with E-state index in [-0.39, 0.29) is 11.6 Å². The number of benzene rings is 2. The van der Waals surface area contributed by atoms with E-state index in [1.807, 2.05) is 36.4 Å². The summed E-state index contributed by atoms with van der Waals surface area (Å²) in [4.78, 5) is 20.8. The molecular weight excluding hydrogens is 266 g/mol. The van der Waals surface area contributed by atoms with E-state index in [2.05, 4.69) is 15.3 Å². The summed E-state index contributed by atoms with van der Waals surface area (Å²) in [6, 6.07) is 14.6. The third kappa shape index (κ3) is 2.67. The maximum atomic E-state index is 12.3. The highest BCUT2D eigenvalue weighted by Crippen LogP contribution is 2.23. The Labute approximate surface area is 121 Å². The number of fused-ring (bicyclic) bond motifs is 1. The molecule has 3 aromatic rings. The molecule has 104 valence electrons. The second kappa shape index (κ2) is 5.58. The van der Waals surface area contributed by atoms with Crippen LogP contribution in [0.5, 0.6) is 5.75 Å². The molecule has 0 saturated heterocycles. The van der Waals surface area contributed by atoms with E-state index in [9.17, 15) is 4.79 Å². The van der Waals surface area contributed by atoms with Gasteiger partial charge in [-0.2, -0.15) is 0 Å². The summed E-state index contributed by atoms with van der Waals surface area (Å²) in [5.41, 5.74) is 2.30. The van der Waals surface area contributed by atoms with Gasteiger partial charge in [0.15, 0.2) is 0 Å². The normalized spacial score (nSPS) is 10.3. The van der Waals surface area contributed by atoms with Crippen molar-refractivity contribution in [1.29, 1.82) is 0 Å². The van der Waals surface area contributed by atoms with E-state index in [1.165, 1.54) is 6.20 Å². The molecule has 0 saturated carbocycles. The topological polar surface area (TPSA) is 64.1 Å². The minimum Gasteiger partial charge on any atom is -0.495 e. The van der Waals surface area contributed by atoms with Crippen molar-refractivity contribution in [2.75, 3.05) is 12.4 Å². The summed E-state index contributed by atoms with van der Waals surface area (Å²) in [5, 5.41) is 2.78. The lowest BCUT2D eigenvalue weighted by atomic mass is 10.2. The summed E-state index contributed by atoms with van der Waals surface area (Å²) in [6.45, 7) is 0. The molecule has 21 heavy (non-hydrogen) atoms. The quantitative estimate of drug-likeness (QED) is 0.800. The molecule has 1 aromatic heterocycles. The van der Waals surface area contributed by atoms with Crippen molar-refractivity contribution in [2.24, 2.45) is 0 Å². The molecular formula is C16H13N3O2. The van der Waals surface area contributed by atoms with Crippen LogP contribution in [0.3, 0.4) is 0 Å². The van der Waals surface area contributed by atoms with Gasteiger partial charge in [-0.3, -0.25) is 9.78 Å². The monoisotopic (exact) mass is 279 g/mol. The van der Waals surface area contributed by atoms with Gasteiger partial charge in [0.25, 0.3) is 5.91 Å². The molecule has 0 fully saturated rings. The molecule has 0 aliphatic heterocycles. The Morgan fingerprint density at radius 1 is 1.05 bits per heavy atom. The fraction of sp³-hybridized carbons (Fsp3) is 0.0625. The van der Waals surface area contributed by atoms with E-state index in [4.69, 9.17) is 4.74 Å². The zero-order valence-corrected chi connectivity index (χ0v) is 11.4. The van der Waals surface area contributed by atoms with Crippen LogP contribution in [0, 0.1) is 0 Å². The van der Waals surface area contributed by atoms with Crippen molar-refractivity contribution >= 4 is 22.6 Å². The summed E-state index contributed by atoms with van der Waals surface area (Å²) in [5.74, 6) is 0.275. The molecule has 1 amide bonds. The Bertz CT molecular complexity index is 802. The van der Waals surface area contributed by atoms with Gasteiger partial charge in [0, 0.05) is 0 Å². The lowest BCUT2D eigenvalue weighted by Crippen LogP contribution is -2.14. The molecule has 0 aliphatic carbocycles. The van der Waals surface area contributed by atoms with Crippen LogP contribution in [-0.2, 0) is 0 Å². The van der Waals surface area contributed by atoms with Crippen molar-refractivity contribution in [1.82, 2.24) is 9.97 Å². The Morgan fingerprint density at radius 3 is 2.57 bits per heavy atom. The molecule has 5 nitrogen and oxygen atoms in total. The molecule has 0 aliphatic rings. The Kier molecular flexibility index (Phi) is 3.47. The summed E-state index contributed by atoms with van der Waals surface area (Å²) < 4.78 is 5.20. The maximum Gasteiger partial charge on any atom is 0.275 e. The first-order valence-corrected chi connectivity index (χ1v) is 6.44. The number of nitrogens with one attached hydrogen (secondary N) is 1. The molecule has 1 heterocycles. The lowest BCUT2D eigenvalue weighted by Gasteiger charge is -2.09. The highest BCUT2D eigenvalue weighted by molar-refractivity contribution is 6.04. The van der Waals surface area contributed by atoms with Gasteiger partial charge in [0.2, 0.25) is 0 Å². The van der Waals surface area contributed by atoms with Crippen LogP contribution in [0.25, 0.3) is 11.0 Å². The fourth-order valence-corrected chi connectivity index (χ4v) is 2.00. The van der Waals surface area contributed by atoms with Gasteiger partial charge in [-0.1, -0.05) is 24.3 Å². The first-order chi connectivity index (χ1) is 10.3. The van der Waals surface area contributed by atoms with E-state index < -0.39 is 0 Å². The predicted octanol–water partition coefficient (Wildman–Crippen LogP) is 2.89. The van der Waals surface area contributed by atoms with Gasteiger partial charge in [-0.15, -0.1) is 0 Å². The van der Waals surface area contributed by atoms with Gasteiger partial charge in [-0.05, 0) is 24.3 Å². The number of amides is 1. The number of para-hydroxylation sites is 4. The van der Waals surface area contributed by atoms with Gasteiger partial charge >= 0.3 is 0 Å². The first kappa shape index (κ1) is 13.1. The number of carbonyl (C=O) groups is 1. The number of anilines is 1. The van der Waals surface area contributed by atoms with E-state index in [0.717, 1.165) is 5.52 Å². The van der Waals surface area contributed by atoms with Crippen LogP contribution >= 0.6 is 0 Å². The third-order valence-electron chi connectivity index (χ3n) is 3.04. The minimum absolute atomic E-state index is 0.264. The van der Waals surface area contributed by atoms with Gasteiger partial charge in [-0.25, -0.2) is 4.98 Å². The summed E-state index contributed by atoms with van der Waals surface area (Å²) >= 11 is 0. The second-order valence-electron chi connectivity index (χ2n) is 4.40. The Balaban J connectivity index is 1.90. The highest BCUT2D eigenvalue weighted by atomic mass is 16.5.